The van der Waals surface area contributed by atoms with E-state index in [1.54, 1.807) is 11.8 Å². The van der Waals surface area contributed by atoms with Gasteiger partial charge in [0.25, 0.3) is 0 Å². The minimum atomic E-state index is -0.0560. The summed E-state index contributed by atoms with van der Waals surface area (Å²) in [6.45, 7) is 0.142. The predicted molar refractivity (Wildman–Crippen MR) is 85.7 cm³/mol. The van der Waals surface area contributed by atoms with Crippen LogP contribution in [-0.2, 0) is 17.6 Å². The minimum absolute atomic E-state index is 0.0473. The number of nitrogens with one attached hydrogen (secondary N) is 1. The lowest BCUT2D eigenvalue weighted by Gasteiger charge is -2.10. The minimum Gasteiger partial charge on any atom is -0.396 e. The molecule has 2 aromatic rings. The lowest BCUT2D eigenvalue weighted by atomic mass is 10.1. The van der Waals surface area contributed by atoms with E-state index < -0.39 is 0 Å². The van der Waals surface area contributed by atoms with Gasteiger partial charge in [0.1, 0.15) is 0 Å². The molecule has 0 fully saturated rings. The van der Waals surface area contributed by atoms with Crippen LogP contribution in [0.25, 0.3) is 0 Å². The molecule has 2 aromatic carbocycles. The van der Waals surface area contributed by atoms with Gasteiger partial charge in [0.2, 0.25) is 5.91 Å². The summed E-state index contributed by atoms with van der Waals surface area (Å²) in [4.78, 5) is 13.5. The highest BCUT2D eigenvalue weighted by Crippen LogP contribution is 2.37. The molecular weight excluding hydrogens is 282 g/mol. The van der Waals surface area contributed by atoms with Crippen LogP contribution in [0.5, 0.6) is 0 Å². The Hall–Kier alpha value is -1.78. The lowest BCUT2D eigenvalue weighted by molar-refractivity contribution is -0.115. The molecular formula is C17H17NO2S. The molecule has 0 saturated heterocycles. The molecule has 1 amide bonds. The first kappa shape index (κ1) is 14.2. The van der Waals surface area contributed by atoms with Gasteiger partial charge in [-0.2, -0.15) is 0 Å². The first-order chi connectivity index (χ1) is 10.3. The van der Waals surface area contributed by atoms with Crippen LogP contribution in [0.3, 0.4) is 0 Å². The maximum absolute atomic E-state index is 12.3. The Kier molecular flexibility index (Phi) is 4.27. The molecule has 1 aliphatic rings. The number of anilines is 1. The molecule has 0 saturated carbocycles. The molecule has 3 nitrogen and oxygen atoms in total. The van der Waals surface area contributed by atoms with Crippen molar-refractivity contribution >= 4 is 23.4 Å². The standard InChI is InChI=1S/C17H17NO2S/c19-10-9-12-5-7-14(8-6-12)18-17(20)16-11-13-3-1-2-4-15(13)21-16/h1-8,16,19H,9-11H2,(H,18,20). The van der Waals surface area contributed by atoms with Gasteiger partial charge in [0.15, 0.2) is 0 Å². The van der Waals surface area contributed by atoms with E-state index in [-0.39, 0.29) is 17.8 Å². The highest BCUT2D eigenvalue weighted by Gasteiger charge is 2.27. The van der Waals surface area contributed by atoms with E-state index in [9.17, 15) is 4.79 Å². The van der Waals surface area contributed by atoms with Crippen LogP contribution >= 0.6 is 11.8 Å². The molecule has 0 bridgehead atoms. The van der Waals surface area contributed by atoms with E-state index in [2.05, 4.69) is 17.4 Å². The Labute approximate surface area is 128 Å². The van der Waals surface area contributed by atoms with Crippen LogP contribution < -0.4 is 5.32 Å². The molecule has 2 N–H and O–H groups in total. The monoisotopic (exact) mass is 299 g/mol. The van der Waals surface area contributed by atoms with Crippen LogP contribution in [0.4, 0.5) is 5.69 Å². The average molecular weight is 299 g/mol. The summed E-state index contributed by atoms with van der Waals surface area (Å²) in [6.07, 6.45) is 1.43. The van der Waals surface area contributed by atoms with E-state index in [4.69, 9.17) is 5.11 Å². The molecule has 1 atom stereocenters. The fraction of sp³-hybridized carbons (Fsp3) is 0.235. The number of hydrogen-bond donors (Lipinski definition) is 2. The smallest absolute Gasteiger partial charge is 0.238 e. The van der Waals surface area contributed by atoms with E-state index in [0.29, 0.717) is 6.42 Å². The van der Waals surface area contributed by atoms with Gasteiger partial charge in [0, 0.05) is 17.2 Å². The van der Waals surface area contributed by atoms with Gasteiger partial charge in [0.05, 0.1) is 5.25 Å². The molecule has 4 heteroatoms. The topological polar surface area (TPSA) is 49.3 Å². The Balaban J connectivity index is 1.62. The summed E-state index contributed by atoms with van der Waals surface area (Å²) in [6, 6.07) is 15.8. The van der Waals surface area contributed by atoms with E-state index >= 15 is 0 Å². The highest BCUT2D eigenvalue weighted by molar-refractivity contribution is 8.01. The summed E-state index contributed by atoms with van der Waals surface area (Å²) in [7, 11) is 0. The van der Waals surface area contributed by atoms with Crippen LogP contribution in [0.2, 0.25) is 0 Å². The second-order valence-corrected chi connectivity index (χ2v) is 6.32. The summed E-state index contributed by atoms with van der Waals surface area (Å²) < 4.78 is 0. The summed E-state index contributed by atoms with van der Waals surface area (Å²) in [5.74, 6) is 0.0473. The largest absolute Gasteiger partial charge is 0.396 e. The van der Waals surface area contributed by atoms with Gasteiger partial charge < -0.3 is 10.4 Å². The number of benzene rings is 2. The van der Waals surface area contributed by atoms with Gasteiger partial charge in [-0.25, -0.2) is 0 Å². The molecule has 108 valence electrons. The SMILES string of the molecule is O=C(Nc1ccc(CCO)cc1)C1Cc2ccccc2S1. The van der Waals surface area contributed by atoms with Crippen molar-refractivity contribution in [2.45, 2.75) is 23.0 Å². The summed E-state index contributed by atoms with van der Waals surface area (Å²) in [5, 5.41) is 11.8. The van der Waals surface area contributed by atoms with E-state index in [1.807, 2.05) is 36.4 Å². The number of carbonyl (C=O) groups is 1. The predicted octanol–water partition coefficient (Wildman–Crippen LogP) is 2.88. The van der Waals surface area contributed by atoms with Crippen molar-refractivity contribution in [2.24, 2.45) is 0 Å². The molecule has 1 unspecified atom stereocenters. The zero-order valence-corrected chi connectivity index (χ0v) is 12.4. The molecule has 1 aliphatic heterocycles. The van der Waals surface area contributed by atoms with Crippen LogP contribution in [0.1, 0.15) is 11.1 Å². The van der Waals surface area contributed by atoms with Crippen molar-refractivity contribution in [2.75, 3.05) is 11.9 Å². The average Bonchev–Trinajstić information content (AvgIpc) is 2.94. The maximum atomic E-state index is 12.3. The Bertz CT molecular complexity index is 614. The molecule has 0 aromatic heterocycles. The van der Waals surface area contributed by atoms with Crippen molar-refractivity contribution in [3.8, 4) is 0 Å². The normalized spacial score (nSPS) is 16.5. The van der Waals surface area contributed by atoms with Gasteiger partial charge in [-0.1, -0.05) is 30.3 Å². The molecule has 1 heterocycles. The lowest BCUT2D eigenvalue weighted by Crippen LogP contribution is -2.24. The zero-order chi connectivity index (χ0) is 14.7. The van der Waals surface area contributed by atoms with E-state index in [1.165, 1.54) is 10.5 Å². The molecule has 0 aliphatic carbocycles. The van der Waals surface area contributed by atoms with Crippen LogP contribution in [0, 0.1) is 0 Å². The zero-order valence-electron chi connectivity index (χ0n) is 11.6. The summed E-state index contributed by atoms with van der Waals surface area (Å²) >= 11 is 1.63. The number of hydrogen-bond acceptors (Lipinski definition) is 3. The van der Waals surface area contributed by atoms with Gasteiger partial charge in [-0.05, 0) is 42.2 Å². The number of thioether (sulfide) groups is 1. The Morgan fingerprint density at radius 1 is 1.19 bits per heavy atom. The van der Waals surface area contributed by atoms with Crippen molar-refractivity contribution in [1.29, 1.82) is 0 Å². The summed E-state index contributed by atoms with van der Waals surface area (Å²) in [5.41, 5.74) is 3.12. The fourth-order valence-electron chi connectivity index (χ4n) is 2.43. The first-order valence-electron chi connectivity index (χ1n) is 7.01. The Morgan fingerprint density at radius 3 is 2.67 bits per heavy atom. The molecule has 0 spiro atoms. The fourth-order valence-corrected chi connectivity index (χ4v) is 3.63. The number of fused-ring (bicyclic) bond motifs is 1. The third-order valence-electron chi connectivity index (χ3n) is 3.56. The molecule has 0 radical (unpaired) electrons. The number of rotatable bonds is 4. The second kappa shape index (κ2) is 6.33. The number of amides is 1. The Morgan fingerprint density at radius 2 is 1.95 bits per heavy atom. The second-order valence-electron chi connectivity index (χ2n) is 5.08. The van der Waals surface area contributed by atoms with Crippen molar-refractivity contribution in [3.05, 3.63) is 59.7 Å². The quantitative estimate of drug-likeness (QED) is 0.912. The van der Waals surface area contributed by atoms with Crippen molar-refractivity contribution in [1.82, 2.24) is 0 Å². The first-order valence-corrected chi connectivity index (χ1v) is 7.89. The number of aliphatic hydroxyl groups excluding tert-OH is 1. The van der Waals surface area contributed by atoms with Gasteiger partial charge >= 0.3 is 0 Å². The third-order valence-corrected chi connectivity index (χ3v) is 4.88. The molecule has 21 heavy (non-hydrogen) atoms. The van der Waals surface area contributed by atoms with Gasteiger partial charge in [-0.3, -0.25) is 4.79 Å². The van der Waals surface area contributed by atoms with Gasteiger partial charge in [-0.15, -0.1) is 11.8 Å². The molecule has 3 rings (SSSR count). The maximum Gasteiger partial charge on any atom is 0.238 e. The van der Waals surface area contributed by atoms with Crippen molar-refractivity contribution < 1.29 is 9.90 Å². The van der Waals surface area contributed by atoms with E-state index in [0.717, 1.165) is 17.7 Å². The van der Waals surface area contributed by atoms with Crippen LogP contribution in [-0.4, -0.2) is 22.9 Å². The van der Waals surface area contributed by atoms with Crippen molar-refractivity contribution in [3.63, 3.8) is 0 Å². The highest BCUT2D eigenvalue weighted by atomic mass is 32.2. The number of aliphatic hydroxyl groups is 1. The number of carbonyl (C=O) groups excluding carboxylic acids is 1. The third kappa shape index (κ3) is 3.28. The van der Waals surface area contributed by atoms with Crippen LogP contribution in [0.15, 0.2) is 53.4 Å².